The lowest BCUT2D eigenvalue weighted by Crippen LogP contribution is -2.33. The van der Waals surface area contributed by atoms with Crippen molar-refractivity contribution in [2.24, 2.45) is 5.92 Å². The number of aliphatic hydroxyl groups excluding tert-OH is 2. The van der Waals surface area contributed by atoms with E-state index in [4.69, 9.17) is 0 Å². The second kappa shape index (κ2) is 6.20. The molecule has 3 rings (SSSR count). The van der Waals surface area contributed by atoms with Gasteiger partial charge in [0.2, 0.25) is 0 Å². The molecule has 1 fully saturated rings. The third-order valence-corrected chi connectivity index (χ3v) is 5.21. The summed E-state index contributed by atoms with van der Waals surface area (Å²) in [5.41, 5.74) is 0.698. The third kappa shape index (κ3) is 2.92. The first-order chi connectivity index (χ1) is 10.6. The zero-order chi connectivity index (χ0) is 15.7. The molecule has 1 amide bonds. The number of nitrogens with one attached hydrogen (secondary N) is 1. The molecule has 0 spiro atoms. The van der Waals surface area contributed by atoms with Crippen molar-refractivity contribution in [3.8, 4) is 5.13 Å². The first-order valence-corrected chi connectivity index (χ1v) is 8.10. The van der Waals surface area contributed by atoms with Gasteiger partial charge in [0.05, 0.1) is 11.8 Å². The fraction of sp³-hybridized carbons (Fsp3) is 0.467. The van der Waals surface area contributed by atoms with Crippen LogP contribution in [0, 0.1) is 12.8 Å². The fourth-order valence-electron chi connectivity index (χ4n) is 2.83. The number of hydrogen-bond acceptors (Lipinski definition) is 5. The second-order valence-electron chi connectivity index (χ2n) is 5.65. The summed E-state index contributed by atoms with van der Waals surface area (Å²) in [5, 5.41) is 22.7. The van der Waals surface area contributed by atoms with Crippen molar-refractivity contribution in [1.82, 2.24) is 14.9 Å². The van der Waals surface area contributed by atoms with Crippen LogP contribution in [0.3, 0.4) is 0 Å². The van der Waals surface area contributed by atoms with Crippen LogP contribution in [0.5, 0.6) is 0 Å². The number of rotatable bonds is 4. The topological polar surface area (TPSA) is 87.4 Å². The van der Waals surface area contributed by atoms with E-state index in [1.807, 2.05) is 36.0 Å². The number of amides is 1. The van der Waals surface area contributed by atoms with Gasteiger partial charge in [0.15, 0.2) is 5.13 Å². The summed E-state index contributed by atoms with van der Waals surface area (Å²) in [4.78, 5) is 17.4. The van der Waals surface area contributed by atoms with Crippen molar-refractivity contribution >= 4 is 17.2 Å². The summed E-state index contributed by atoms with van der Waals surface area (Å²) in [6, 6.07) is 3.72. The standard InChI is InChI=1S/C15H19N3O3S/c1-9-13(22-15(16-9)18-4-2-3-5-18)14(21)17-11-6-10(8-19)12(20)7-11/h2-5,10-12,19-20H,6-8H2,1H3,(H,17,21)/t10-,11-,12+/m0/s1. The maximum absolute atomic E-state index is 12.4. The lowest BCUT2D eigenvalue weighted by molar-refractivity contribution is 0.0904. The molecule has 0 unspecified atom stereocenters. The smallest absolute Gasteiger partial charge is 0.263 e. The van der Waals surface area contributed by atoms with Gasteiger partial charge in [0.25, 0.3) is 5.91 Å². The molecule has 7 heteroatoms. The molecule has 0 aliphatic heterocycles. The molecule has 1 aliphatic rings. The number of aliphatic hydroxyl groups is 2. The van der Waals surface area contributed by atoms with E-state index in [-0.39, 0.29) is 24.5 Å². The number of aromatic nitrogens is 2. The number of hydrogen-bond donors (Lipinski definition) is 3. The zero-order valence-electron chi connectivity index (χ0n) is 12.3. The first-order valence-electron chi connectivity index (χ1n) is 7.29. The van der Waals surface area contributed by atoms with Crippen molar-refractivity contribution in [1.29, 1.82) is 0 Å². The minimum atomic E-state index is -0.548. The van der Waals surface area contributed by atoms with Gasteiger partial charge in [-0.2, -0.15) is 0 Å². The Morgan fingerprint density at radius 3 is 2.82 bits per heavy atom. The van der Waals surface area contributed by atoms with E-state index in [2.05, 4.69) is 10.3 Å². The van der Waals surface area contributed by atoms with E-state index < -0.39 is 6.10 Å². The summed E-state index contributed by atoms with van der Waals surface area (Å²) in [6.45, 7) is 1.77. The van der Waals surface area contributed by atoms with Gasteiger partial charge >= 0.3 is 0 Å². The van der Waals surface area contributed by atoms with Crippen LogP contribution in [-0.4, -0.2) is 44.4 Å². The molecule has 22 heavy (non-hydrogen) atoms. The highest BCUT2D eigenvalue weighted by Crippen LogP contribution is 2.27. The molecule has 1 aliphatic carbocycles. The molecule has 0 aromatic carbocycles. The lowest BCUT2D eigenvalue weighted by atomic mass is 10.1. The normalized spacial score (nSPS) is 24.6. The van der Waals surface area contributed by atoms with E-state index in [1.54, 1.807) is 0 Å². The molecule has 2 aromatic rings. The number of thiazole rings is 1. The van der Waals surface area contributed by atoms with Gasteiger partial charge in [-0.25, -0.2) is 4.98 Å². The third-order valence-electron chi connectivity index (χ3n) is 4.04. The Bertz CT molecular complexity index is 653. The molecule has 1 saturated carbocycles. The molecule has 0 saturated heterocycles. The minimum absolute atomic E-state index is 0.0507. The number of aryl methyl sites for hydroxylation is 1. The number of carbonyl (C=O) groups is 1. The lowest BCUT2D eigenvalue weighted by Gasteiger charge is -2.11. The first kappa shape index (κ1) is 15.2. The molecular formula is C15H19N3O3S. The molecule has 3 N–H and O–H groups in total. The Morgan fingerprint density at radius 2 is 2.18 bits per heavy atom. The highest BCUT2D eigenvalue weighted by Gasteiger charge is 2.33. The second-order valence-corrected chi connectivity index (χ2v) is 6.63. The quantitative estimate of drug-likeness (QED) is 0.787. The Kier molecular flexibility index (Phi) is 4.28. The molecule has 0 bridgehead atoms. The predicted molar refractivity (Wildman–Crippen MR) is 83.2 cm³/mol. The van der Waals surface area contributed by atoms with Crippen LogP contribution in [0.4, 0.5) is 0 Å². The Hall–Kier alpha value is -1.70. The van der Waals surface area contributed by atoms with Gasteiger partial charge in [-0.1, -0.05) is 11.3 Å². The van der Waals surface area contributed by atoms with Crippen LogP contribution in [0.1, 0.15) is 28.2 Å². The Labute approximate surface area is 132 Å². The summed E-state index contributed by atoms with van der Waals surface area (Å²) in [6.07, 6.45) is 4.32. The molecule has 118 valence electrons. The molecule has 0 radical (unpaired) electrons. The van der Waals surface area contributed by atoms with Crippen LogP contribution < -0.4 is 5.32 Å². The summed E-state index contributed by atoms with van der Waals surface area (Å²) >= 11 is 1.34. The van der Waals surface area contributed by atoms with Crippen molar-refractivity contribution in [3.63, 3.8) is 0 Å². The van der Waals surface area contributed by atoms with E-state index in [0.29, 0.717) is 23.4 Å². The van der Waals surface area contributed by atoms with E-state index in [0.717, 1.165) is 5.13 Å². The molecule has 2 heterocycles. The van der Waals surface area contributed by atoms with Crippen molar-refractivity contribution in [2.75, 3.05) is 6.61 Å². The van der Waals surface area contributed by atoms with Crippen LogP contribution in [0.15, 0.2) is 24.5 Å². The number of carbonyl (C=O) groups excluding carboxylic acids is 1. The molecule has 6 nitrogen and oxygen atoms in total. The molecule has 2 aromatic heterocycles. The van der Waals surface area contributed by atoms with Gasteiger partial charge in [-0.3, -0.25) is 4.79 Å². The van der Waals surface area contributed by atoms with Crippen LogP contribution >= 0.6 is 11.3 Å². The summed E-state index contributed by atoms with van der Waals surface area (Å²) in [7, 11) is 0. The van der Waals surface area contributed by atoms with Gasteiger partial charge in [0, 0.05) is 31.0 Å². The van der Waals surface area contributed by atoms with Gasteiger partial charge in [-0.05, 0) is 31.9 Å². The highest BCUT2D eigenvalue weighted by molar-refractivity contribution is 7.16. The SMILES string of the molecule is Cc1nc(-n2cccc2)sc1C(=O)N[C@H]1C[C@@H](CO)[C@H](O)C1. The maximum atomic E-state index is 12.4. The summed E-state index contributed by atoms with van der Waals surface area (Å²) < 4.78 is 1.87. The van der Waals surface area contributed by atoms with Crippen molar-refractivity contribution in [3.05, 3.63) is 35.1 Å². The van der Waals surface area contributed by atoms with Crippen molar-refractivity contribution in [2.45, 2.75) is 31.9 Å². The van der Waals surface area contributed by atoms with Crippen LogP contribution in [0.2, 0.25) is 0 Å². The van der Waals surface area contributed by atoms with Gasteiger partial charge in [-0.15, -0.1) is 0 Å². The van der Waals surface area contributed by atoms with E-state index in [9.17, 15) is 15.0 Å². The monoisotopic (exact) mass is 321 g/mol. The van der Waals surface area contributed by atoms with Crippen molar-refractivity contribution < 1.29 is 15.0 Å². The van der Waals surface area contributed by atoms with Gasteiger partial charge < -0.3 is 20.1 Å². The largest absolute Gasteiger partial charge is 0.396 e. The minimum Gasteiger partial charge on any atom is -0.396 e. The fourth-order valence-corrected chi connectivity index (χ4v) is 3.77. The van der Waals surface area contributed by atoms with E-state index in [1.165, 1.54) is 11.3 Å². The summed E-state index contributed by atoms with van der Waals surface area (Å²) in [5.74, 6) is -0.313. The maximum Gasteiger partial charge on any atom is 0.263 e. The van der Waals surface area contributed by atoms with E-state index >= 15 is 0 Å². The average molecular weight is 321 g/mol. The molecule has 3 atom stereocenters. The zero-order valence-corrected chi connectivity index (χ0v) is 13.1. The Balaban J connectivity index is 1.71. The van der Waals surface area contributed by atoms with Gasteiger partial charge in [0.1, 0.15) is 4.88 Å². The molecular weight excluding hydrogens is 302 g/mol. The average Bonchev–Trinajstić information content (AvgIpc) is 3.18. The number of nitrogens with zero attached hydrogens (tertiary/aromatic N) is 2. The van der Waals surface area contributed by atoms with Crippen LogP contribution in [-0.2, 0) is 0 Å². The van der Waals surface area contributed by atoms with Crippen LogP contribution in [0.25, 0.3) is 5.13 Å². The Morgan fingerprint density at radius 1 is 1.45 bits per heavy atom. The predicted octanol–water partition coefficient (Wildman–Crippen LogP) is 1.10. The highest BCUT2D eigenvalue weighted by atomic mass is 32.1.